The number of aryl methyl sites for hydroxylation is 3. The van der Waals surface area contributed by atoms with Crippen molar-refractivity contribution in [1.82, 2.24) is 5.32 Å². The van der Waals surface area contributed by atoms with Crippen LogP contribution in [0.3, 0.4) is 0 Å². The smallest absolute Gasteiger partial charge is 0.0812 e. The second-order valence-electron chi connectivity index (χ2n) is 5.56. The van der Waals surface area contributed by atoms with Gasteiger partial charge in [0.05, 0.1) is 5.60 Å². The first-order chi connectivity index (χ1) is 8.00. The molecule has 0 aliphatic carbocycles. The van der Waals surface area contributed by atoms with Crippen LogP contribution in [0.25, 0.3) is 0 Å². The molecule has 1 aromatic rings. The van der Waals surface area contributed by atoms with Crippen molar-refractivity contribution in [1.29, 1.82) is 0 Å². The third-order valence-corrected chi connectivity index (χ3v) is 3.80. The third kappa shape index (κ3) is 2.88. The largest absolute Gasteiger partial charge is 0.388 e. The first kappa shape index (κ1) is 12.6. The predicted octanol–water partition coefficient (Wildman–Crippen LogP) is 2.27. The van der Waals surface area contributed by atoms with Crippen molar-refractivity contribution >= 4 is 0 Å². The van der Waals surface area contributed by atoms with E-state index in [1.807, 2.05) is 0 Å². The average Bonchev–Trinajstić information content (AvgIpc) is 2.24. The van der Waals surface area contributed by atoms with E-state index in [9.17, 15) is 5.11 Å². The van der Waals surface area contributed by atoms with E-state index in [4.69, 9.17) is 0 Å². The maximum atomic E-state index is 10.6. The van der Waals surface area contributed by atoms with Gasteiger partial charge in [-0.25, -0.2) is 0 Å². The van der Waals surface area contributed by atoms with Crippen LogP contribution in [0, 0.1) is 20.8 Å². The number of hydrogen-bond donors (Lipinski definition) is 2. The van der Waals surface area contributed by atoms with Crippen molar-refractivity contribution < 1.29 is 5.11 Å². The summed E-state index contributed by atoms with van der Waals surface area (Å²) in [4.78, 5) is 0. The molecule has 2 rings (SSSR count). The van der Waals surface area contributed by atoms with Crippen LogP contribution in [0.4, 0.5) is 0 Å². The zero-order chi connectivity index (χ0) is 12.5. The molecule has 0 amide bonds. The normalized spacial score (nSPS) is 24.9. The summed E-state index contributed by atoms with van der Waals surface area (Å²) in [6.07, 6.45) is 2.76. The Kier molecular flexibility index (Phi) is 3.55. The number of nitrogens with one attached hydrogen (secondary N) is 1. The van der Waals surface area contributed by atoms with Crippen LogP contribution in [0.5, 0.6) is 0 Å². The lowest BCUT2D eigenvalue weighted by molar-refractivity contribution is 0.0167. The highest BCUT2D eigenvalue weighted by Crippen LogP contribution is 2.26. The van der Waals surface area contributed by atoms with Gasteiger partial charge in [0.15, 0.2) is 0 Å². The van der Waals surface area contributed by atoms with E-state index >= 15 is 0 Å². The molecule has 1 aliphatic heterocycles. The Morgan fingerprint density at radius 1 is 1.24 bits per heavy atom. The molecule has 2 heteroatoms. The minimum Gasteiger partial charge on any atom is -0.388 e. The molecule has 1 atom stereocenters. The summed E-state index contributed by atoms with van der Waals surface area (Å²) in [6.45, 7) is 8.18. The lowest BCUT2D eigenvalue weighted by Crippen LogP contribution is -2.47. The van der Waals surface area contributed by atoms with Gasteiger partial charge in [-0.2, -0.15) is 0 Å². The number of piperidine rings is 1. The fourth-order valence-corrected chi connectivity index (χ4v) is 2.92. The van der Waals surface area contributed by atoms with E-state index in [0.717, 1.165) is 32.4 Å². The number of rotatable bonds is 2. The van der Waals surface area contributed by atoms with Crippen LogP contribution in [0.1, 0.15) is 35.1 Å². The highest BCUT2D eigenvalue weighted by molar-refractivity contribution is 5.38. The van der Waals surface area contributed by atoms with Crippen LogP contribution >= 0.6 is 0 Å². The van der Waals surface area contributed by atoms with Gasteiger partial charge in [0.25, 0.3) is 0 Å². The van der Waals surface area contributed by atoms with Gasteiger partial charge in [0, 0.05) is 13.0 Å². The molecule has 0 radical (unpaired) electrons. The van der Waals surface area contributed by atoms with Gasteiger partial charge in [-0.3, -0.25) is 0 Å². The molecule has 1 aliphatic rings. The Morgan fingerprint density at radius 2 is 1.88 bits per heavy atom. The monoisotopic (exact) mass is 233 g/mol. The molecule has 1 saturated heterocycles. The van der Waals surface area contributed by atoms with Crippen molar-refractivity contribution in [3.63, 3.8) is 0 Å². The molecule has 1 fully saturated rings. The van der Waals surface area contributed by atoms with Crippen LogP contribution in [0.2, 0.25) is 0 Å². The summed E-state index contributed by atoms with van der Waals surface area (Å²) in [7, 11) is 0. The molecule has 1 aromatic carbocycles. The minimum atomic E-state index is -0.553. The third-order valence-electron chi connectivity index (χ3n) is 3.80. The molecule has 17 heavy (non-hydrogen) atoms. The molecule has 2 nitrogen and oxygen atoms in total. The van der Waals surface area contributed by atoms with Gasteiger partial charge in [0.2, 0.25) is 0 Å². The van der Waals surface area contributed by atoms with Crippen LogP contribution in [-0.2, 0) is 6.42 Å². The number of hydrogen-bond acceptors (Lipinski definition) is 2. The van der Waals surface area contributed by atoms with Crippen molar-refractivity contribution in [3.05, 3.63) is 34.4 Å². The van der Waals surface area contributed by atoms with Gasteiger partial charge in [0.1, 0.15) is 0 Å². The van der Waals surface area contributed by atoms with E-state index in [0.29, 0.717) is 0 Å². The van der Waals surface area contributed by atoms with Gasteiger partial charge in [-0.1, -0.05) is 17.7 Å². The number of aliphatic hydroxyl groups is 1. The topological polar surface area (TPSA) is 32.3 Å². The zero-order valence-electron chi connectivity index (χ0n) is 11.1. The van der Waals surface area contributed by atoms with Crippen molar-refractivity contribution in [2.45, 2.75) is 45.6 Å². The second-order valence-corrected chi connectivity index (χ2v) is 5.56. The summed E-state index contributed by atoms with van der Waals surface area (Å²) in [5.74, 6) is 0. The van der Waals surface area contributed by atoms with Crippen LogP contribution < -0.4 is 5.32 Å². The maximum Gasteiger partial charge on any atom is 0.0812 e. The Morgan fingerprint density at radius 3 is 2.41 bits per heavy atom. The summed E-state index contributed by atoms with van der Waals surface area (Å²) in [5.41, 5.74) is 4.69. The summed E-state index contributed by atoms with van der Waals surface area (Å²) in [6, 6.07) is 4.42. The Balaban J connectivity index is 2.23. The highest BCUT2D eigenvalue weighted by atomic mass is 16.3. The zero-order valence-corrected chi connectivity index (χ0v) is 11.1. The predicted molar refractivity (Wildman–Crippen MR) is 71.4 cm³/mol. The van der Waals surface area contributed by atoms with Crippen molar-refractivity contribution in [2.24, 2.45) is 0 Å². The first-order valence-corrected chi connectivity index (χ1v) is 6.50. The molecule has 0 bridgehead atoms. The van der Waals surface area contributed by atoms with Crippen molar-refractivity contribution in [3.8, 4) is 0 Å². The molecule has 0 aromatic heterocycles. The van der Waals surface area contributed by atoms with Crippen LogP contribution in [0.15, 0.2) is 12.1 Å². The SMILES string of the molecule is Cc1cc(C)c(CC2(O)CCCNC2)c(C)c1. The fraction of sp³-hybridized carbons (Fsp3) is 0.600. The molecule has 0 saturated carbocycles. The Labute approximate surface area is 104 Å². The van der Waals surface area contributed by atoms with Gasteiger partial charge < -0.3 is 10.4 Å². The second kappa shape index (κ2) is 4.79. The average molecular weight is 233 g/mol. The highest BCUT2D eigenvalue weighted by Gasteiger charge is 2.30. The molecular formula is C15H23NO. The summed E-state index contributed by atoms with van der Waals surface area (Å²) in [5, 5.41) is 13.9. The molecule has 1 heterocycles. The lowest BCUT2D eigenvalue weighted by Gasteiger charge is -2.33. The lowest BCUT2D eigenvalue weighted by atomic mass is 9.84. The molecule has 94 valence electrons. The number of benzene rings is 1. The Hall–Kier alpha value is -0.860. The van der Waals surface area contributed by atoms with E-state index in [2.05, 4.69) is 38.2 Å². The van der Waals surface area contributed by atoms with E-state index in [-0.39, 0.29) is 0 Å². The fourth-order valence-electron chi connectivity index (χ4n) is 2.92. The van der Waals surface area contributed by atoms with Crippen LogP contribution in [-0.4, -0.2) is 23.8 Å². The number of β-amino-alcohol motifs (C(OH)–C–C–N with tert-alkyl or cyclic N) is 1. The van der Waals surface area contributed by atoms with E-state index < -0.39 is 5.60 Å². The van der Waals surface area contributed by atoms with E-state index in [1.54, 1.807) is 0 Å². The molecule has 2 N–H and O–H groups in total. The molecule has 0 spiro atoms. The molecular weight excluding hydrogens is 210 g/mol. The van der Waals surface area contributed by atoms with Crippen molar-refractivity contribution in [2.75, 3.05) is 13.1 Å². The quantitative estimate of drug-likeness (QED) is 0.821. The summed E-state index contributed by atoms with van der Waals surface area (Å²) >= 11 is 0. The van der Waals surface area contributed by atoms with Gasteiger partial charge in [-0.15, -0.1) is 0 Å². The first-order valence-electron chi connectivity index (χ1n) is 6.50. The maximum absolute atomic E-state index is 10.6. The van der Waals surface area contributed by atoms with E-state index in [1.165, 1.54) is 22.3 Å². The Bertz CT molecular complexity index is 382. The minimum absolute atomic E-state index is 0.553. The molecule has 1 unspecified atom stereocenters. The van der Waals surface area contributed by atoms with Gasteiger partial charge >= 0.3 is 0 Å². The summed E-state index contributed by atoms with van der Waals surface area (Å²) < 4.78 is 0. The standard InChI is InChI=1S/C15H23NO/c1-11-7-12(2)14(13(3)8-11)9-15(17)5-4-6-16-10-15/h7-8,16-17H,4-6,9-10H2,1-3H3. The van der Waals surface area contributed by atoms with Gasteiger partial charge in [-0.05, 0) is 56.8 Å².